The molecule has 0 radical (unpaired) electrons. The molecule has 2 aliphatic rings. The first kappa shape index (κ1) is 13.3. The number of carbonyl (C=O) groups is 1. The standard InChI is InChI=1S/C16H23N3O/c1-18(2)15-7-6-11(8-14(15)17)16(20)19-9-12-4-3-5-13(12)10-19/h6-8,12-13H,3-5,9-10,17H2,1-2H3. The molecule has 2 fully saturated rings. The van der Waals surface area contributed by atoms with Crippen LogP contribution in [0.15, 0.2) is 18.2 Å². The highest BCUT2D eigenvalue weighted by Crippen LogP contribution is 2.38. The van der Waals surface area contributed by atoms with Gasteiger partial charge in [0.1, 0.15) is 0 Å². The van der Waals surface area contributed by atoms with Gasteiger partial charge in [-0.25, -0.2) is 0 Å². The summed E-state index contributed by atoms with van der Waals surface area (Å²) < 4.78 is 0. The minimum absolute atomic E-state index is 0.136. The Balaban J connectivity index is 1.76. The van der Waals surface area contributed by atoms with E-state index in [1.807, 2.05) is 42.1 Å². The molecule has 2 N–H and O–H groups in total. The van der Waals surface area contributed by atoms with Gasteiger partial charge in [0.2, 0.25) is 0 Å². The fourth-order valence-electron chi connectivity index (χ4n) is 3.68. The summed E-state index contributed by atoms with van der Waals surface area (Å²) >= 11 is 0. The Morgan fingerprint density at radius 1 is 1.25 bits per heavy atom. The van der Waals surface area contributed by atoms with Gasteiger partial charge in [-0.05, 0) is 42.9 Å². The number of nitrogens with two attached hydrogens (primary N) is 1. The predicted octanol–water partition coefficient (Wildman–Crippen LogP) is 2.21. The van der Waals surface area contributed by atoms with Gasteiger partial charge in [-0.15, -0.1) is 0 Å². The molecule has 1 saturated heterocycles. The van der Waals surface area contributed by atoms with Crippen molar-refractivity contribution < 1.29 is 4.79 Å². The van der Waals surface area contributed by atoms with Crippen LogP contribution in [0.5, 0.6) is 0 Å². The highest BCUT2D eigenvalue weighted by atomic mass is 16.2. The number of rotatable bonds is 2. The summed E-state index contributed by atoms with van der Waals surface area (Å²) in [6.07, 6.45) is 3.91. The highest BCUT2D eigenvalue weighted by Gasteiger charge is 2.38. The average Bonchev–Trinajstić information content (AvgIpc) is 2.97. The molecule has 1 amide bonds. The average molecular weight is 273 g/mol. The Labute approximate surface area is 120 Å². The van der Waals surface area contributed by atoms with Crippen LogP contribution in [-0.4, -0.2) is 38.0 Å². The zero-order chi connectivity index (χ0) is 14.3. The quantitative estimate of drug-likeness (QED) is 0.840. The van der Waals surface area contributed by atoms with Crippen molar-refractivity contribution in [3.8, 4) is 0 Å². The third-order valence-electron chi connectivity index (χ3n) is 4.77. The lowest BCUT2D eigenvalue weighted by molar-refractivity contribution is 0.0780. The second kappa shape index (κ2) is 5.00. The zero-order valence-electron chi connectivity index (χ0n) is 12.3. The minimum Gasteiger partial charge on any atom is -0.397 e. The van der Waals surface area contributed by atoms with Gasteiger partial charge in [0.05, 0.1) is 11.4 Å². The van der Waals surface area contributed by atoms with Crippen LogP contribution < -0.4 is 10.6 Å². The summed E-state index contributed by atoms with van der Waals surface area (Å²) in [6, 6.07) is 5.63. The summed E-state index contributed by atoms with van der Waals surface area (Å²) in [5, 5.41) is 0. The highest BCUT2D eigenvalue weighted by molar-refractivity contribution is 5.96. The van der Waals surface area contributed by atoms with E-state index >= 15 is 0 Å². The first-order chi connectivity index (χ1) is 9.56. The largest absolute Gasteiger partial charge is 0.397 e. The monoisotopic (exact) mass is 273 g/mol. The first-order valence-corrected chi connectivity index (χ1v) is 7.42. The number of anilines is 2. The molecule has 2 atom stereocenters. The number of hydrogen-bond donors (Lipinski definition) is 1. The molecule has 108 valence electrons. The van der Waals surface area contributed by atoms with Crippen LogP contribution in [0.2, 0.25) is 0 Å². The summed E-state index contributed by atoms with van der Waals surface area (Å²) in [5.41, 5.74) is 8.38. The summed E-state index contributed by atoms with van der Waals surface area (Å²) in [4.78, 5) is 16.5. The van der Waals surface area contributed by atoms with Gasteiger partial charge in [-0.3, -0.25) is 4.79 Å². The number of nitrogen functional groups attached to an aromatic ring is 1. The summed E-state index contributed by atoms with van der Waals surface area (Å²) in [7, 11) is 3.91. The van der Waals surface area contributed by atoms with Crippen molar-refractivity contribution in [1.82, 2.24) is 4.90 Å². The van der Waals surface area contributed by atoms with Crippen molar-refractivity contribution in [2.75, 3.05) is 37.8 Å². The lowest BCUT2D eigenvalue weighted by Gasteiger charge is -2.19. The van der Waals surface area contributed by atoms with Crippen LogP contribution in [0.3, 0.4) is 0 Å². The van der Waals surface area contributed by atoms with Crippen molar-refractivity contribution in [3.05, 3.63) is 23.8 Å². The summed E-state index contributed by atoms with van der Waals surface area (Å²) in [6.45, 7) is 1.86. The van der Waals surface area contributed by atoms with Gasteiger partial charge in [-0.2, -0.15) is 0 Å². The molecule has 20 heavy (non-hydrogen) atoms. The van der Waals surface area contributed by atoms with Gasteiger partial charge >= 0.3 is 0 Å². The third-order valence-corrected chi connectivity index (χ3v) is 4.77. The van der Waals surface area contributed by atoms with Gasteiger partial charge < -0.3 is 15.5 Å². The fourth-order valence-corrected chi connectivity index (χ4v) is 3.68. The number of carbonyl (C=O) groups excluding carboxylic acids is 1. The Hall–Kier alpha value is -1.71. The van der Waals surface area contributed by atoms with Gasteiger partial charge in [0.25, 0.3) is 5.91 Å². The maximum atomic E-state index is 12.6. The van der Waals surface area contributed by atoms with Crippen LogP contribution in [0.1, 0.15) is 29.6 Å². The lowest BCUT2D eigenvalue weighted by Crippen LogP contribution is -2.29. The van der Waals surface area contributed by atoms with E-state index in [4.69, 9.17) is 5.73 Å². The second-order valence-corrected chi connectivity index (χ2v) is 6.33. The molecule has 1 aromatic carbocycles. The number of amides is 1. The molecule has 0 aromatic heterocycles. The van der Waals surface area contributed by atoms with Crippen molar-refractivity contribution in [1.29, 1.82) is 0 Å². The van der Waals surface area contributed by atoms with E-state index in [0.29, 0.717) is 11.3 Å². The van der Waals surface area contributed by atoms with Crippen LogP contribution >= 0.6 is 0 Å². The fraction of sp³-hybridized carbons (Fsp3) is 0.562. The smallest absolute Gasteiger partial charge is 0.253 e. The Morgan fingerprint density at radius 2 is 1.90 bits per heavy atom. The molecular formula is C16H23N3O. The van der Waals surface area contributed by atoms with Crippen molar-refractivity contribution in [3.63, 3.8) is 0 Å². The van der Waals surface area contributed by atoms with E-state index in [9.17, 15) is 4.79 Å². The van der Waals surface area contributed by atoms with Crippen LogP contribution in [0.25, 0.3) is 0 Å². The number of hydrogen-bond acceptors (Lipinski definition) is 3. The van der Waals surface area contributed by atoms with Crippen molar-refractivity contribution in [2.24, 2.45) is 11.8 Å². The molecule has 3 rings (SSSR count). The molecule has 1 aromatic rings. The molecule has 2 unspecified atom stereocenters. The Kier molecular flexibility index (Phi) is 3.32. The molecule has 4 heteroatoms. The van der Waals surface area contributed by atoms with E-state index < -0.39 is 0 Å². The minimum atomic E-state index is 0.136. The van der Waals surface area contributed by atoms with E-state index in [-0.39, 0.29) is 5.91 Å². The van der Waals surface area contributed by atoms with Crippen molar-refractivity contribution in [2.45, 2.75) is 19.3 Å². The van der Waals surface area contributed by atoms with Gasteiger partial charge in [-0.1, -0.05) is 6.42 Å². The van der Waals surface area contributed by atoms with E-state index in [2.05, 4.69) is 0 Å². The third kappa shape index (κ3) is 2.23. The van der Waals surface area contributed by atoms with Crippen LogP contribution in [0, 0.1) is 11.8 Å². The molecular weight excluding hydrogens is 250 g/mol. The molecule has 1 aliphatic heterocycles. The van der Waals surface area contributed by atoms with Crippen LogP contribution in [0.4, 0.5) is 11.4 Å². The molecule has 0 bridgehead atoms. The lowest BCUT2D eigenvalue weighted by atomic mass is 10.0. The molecule has 0 spiro atoms. The molecule has 4 nitrogen and oxygen atoms in total. The maximum absolute atomic E-state index is 12.6. The first-order valence-electron chi connectivity index (χ1n) is 7.42. The summed E-state index contributed by atoms with van der Waals surface area (Å²) in [5.74, 6) is 1.60. The van der Waals surface area contributed by atoms with E-state index in [0.717, 1.165) is 30.6 Å². The molecule has 1 heterocycles. The van der Waals surface area contributed by atoms with Crippen LogP contribution in [-0.2, 0) is 0 Å². The normalized spacial score (nSPS) is 24.8. The zero-order valence-corrected chi connectivity index (χ0v) is 12.3. The number of fused-ring (bicyclic) bond motifs is 1. The predicted molar refractivity (Wildman–Crippen MR) is 81.9 cm³/mol. The van der Waals surface area contributed by atoms with Crippen molar-refractivity contribution >= 4 is 17.3 Å². The van der Waals surface area contributed by atoms with Gasteiger partial charge in [0.15, 0.2) is 0 Å². The molecule has 1 saturated carbocycles. The Bertz CT molecular complexity index is 514. The number of benzene rings is 1. The topological polar surface area (TPSA) is 49.6 Å². The van der Waals surface area contributed by atoms with Gasteiger partial charge in [0, 0.05) is 32.7 Å². The molecule has 1 aliphatic carbocycles. The number of likely N-dealkylation sites (tertiary alicyclic amines) is 1. The van der Waals surface area contributed by atoms with E-state index in [1.54, 1.807) is 0 Å². The Morgan fingerprint density at radius 3 is 2.45 bits per heavy atom. The second-order valence-electron chi connectivity index (χ2n) is 6.33. The van der Waals surface area contributed by atoms with E-state index in [1.165, 1.54) is 19.3 Å². The SMILES string of the molecule is CN(C)c1ccc(C(=O)N2CC3CCCC3C2)cc1N. The maximum Gasteiger partial charge on any atom is 0.253 e. The number of nitrogens with zero attached hydrogens (tertiary/aromatic N) is 2.